The zero-order chi connectivity index (χ0) is 33.1. The van der Waals surface area contributed by atoms with Crippen LogP contribution in [-0.4, -0.2) is 79.7 Å². The second-order valence-electron chi connectivity index (χ2n) is 13.7. The Hall–Kier alpha value is -2.33. The summed E-state index contributed by atoms with van der Waals surface area (Å²) in [5.41, 5.74) is 1.26. The van der Waals surface area contributed by atoms with Crippen molar-refractivity contribution >= 4 is 17.7 Å². The van der Waals surface area contributed by atoms with E-state index in [1.54, 1.807) is 6.92 Å². The molecule has 2 aliphatic rings. The van der Waals surface area contributed by atoms with Gasteiger partial charge in [0, 0.05) is 18.4 Å². The Labute approximate surface area is 269 Å². The summed E-state index contributed by atoms with van der Waals surface area (Å²) in [6, 6.07) is 9.18. The lowest BCUT2D eigenvalue weighted by atomic mass is 9.84. The Kier molecular flexibility index (Phi) is 14.5. The van der Waals surface area contributed by atoms with Gasteiger partial charge in [-0.25, -0.2) is 4.79 Å². The van der Waals surface area contributed by atoms with Crippen LogP contribution in [-0.2, 0) is 25.5 Å². The lowest BCUT2D eigenvalue weighted by Crippen LogP contribution is -2.62. The van der Waals surface area contributed by atoms with Gasteiger partial charge in [-0.15, -0.1) is 0 Å². The number of piperidine rings is 1. The molecule has 1 amide bonds. The standard InChI is InChI=1S/C36H57NO8/c1-5-28(23-27-16-10-8-11-17-27)30(38)19-12-7-6-9-15-24(2)32(39)26(4)31-21-20-25(3)33(40)36(44,45-31)35(43)37-22-14-13-18-29(37)34(41)42/h8,10-11,16-17,24-26,28-32,38-39,44H,5-7,9,12-15,18-23H2,1-4H3,(H,41,42)/t24-,25-,26+,28-,29+,30+,31+,32+,36?/m1/s1. The number of unbranched alkanes of at least 4 members (excludes halogenated alkanes) is 3. The highest BCUT2D eigenvalue weighted by atomic mass is 16.6. The molecular formula is C36H57NO8. The topological polar surface area (TPSA) is 145 Å². The number of likely N-dealkylation sites (tertiary alicyclic amines) is 1. The van der Waals surface area contributed by atoms with Gasteiger partial charge in [-0.2, -0.15) is 0 Å². The molecular weight excluding hydrogens is 574 g/mol. The predicted octanol–water partition coefficient (Wildman–Crippen LogP) is 5.13. The Morgan fingerprint density at radius 3 is 2.31 bits per heavy atom. The maximum Gasteiger partial charge on any atom is 0.326 e. The molecule has 3 rings (SSSR count). The fraction of sp³-hybridized carbons (Fsp3) is 0.750. The third-order valence-corrected chi connectivity index (χ3v) is 10.4. The number of rotatable bonds is 16. The first kappa shape index (κ1) is 37.1. The van der Waals surface area contributed by atoms with Crippen LogP contribution in [0.1, 0.15) is 110 Å². The third-order valence-electron chi connectivity index (χ3n) is 10.4. The summed E-state index contributed by atoms with van der Waals surface area (Å²) < 4.78 is 5.94. The van der Waals surface area contributed by atoms with Crippen molar-refractivity contribution < 1.29 is 39.5 Å². The van der Waals surface area contributed by atoms with Gasteiger partial charge in [0.1, 0.15) is 6.04 Å². The van der Waals surface area contributed by atoms with Crippen molar-refractivity contribution in [2.75, 3.05) is 6.54 Å². The molecule has 9 nitrogen and oxygen atoms in total. The molecule has 45 heavy (non-hydrogen) atoms. The van der Waals surface area contributed by atoms with Gasteiger partial charge in [-0.3, -0.25) is 9.59 Å². The molecule has 0 aliphatic carbocycles. The van der Waals surface area contributed by atoms with Gasteiger partial charge in [0.05, 0.1) is 18.3 Å². The van der Waals surface area contributed by atoms with Crippen LogP contribution in [0.15, 0.2) is 30.3 Å². The molecule has 1 aromatic rings. The van der Waals surface area contributed by atoms with Crippen LogP contribution in [0, 0.1) is 23.7 Å². The molecule has 254 valence electrons. The first-order chi connectivity index (χ1) is 21.4. The molecule has 0 saturated carbocycles. The van der Waals surface area contributed by atoms with E-state index < -0.39 is 53.5 Å². The second-order valence-corrected chi connectivity index (χ2v) is 13.7. The Balaban J connectivity index is 1.49. The van der Waals surface area contributed by atoms with Crippen LogP contribution >= 0.6 is 0 Å². The number of hydrogen-bond acceptors (Lipinski definition) is 7. The van der Waals surface area contributed by atoms with Crippen molar-refractivity contribution in [1.82, 2.24) is 4.90 Å². The second kappa shape index (κ2) is 17.5. The van der Waals surface area contributed by atoms with E-state index in [1.807, 2.05) is 32.0 Å². The minimum Gasteiger partial charge on any atom is -0.480 e. The number of aliphatic hydroxyl groups excluding tert-OH is 2. The summed E-state index contributed by atoms with van der Waals surface area (Å²) in [4.78, 5) is 39.7. The van der Waals surface area contributed by atoms with Crippen LogP contribution in [0.4, 0.5) is 0 Å². The Morgan fingerprint density at radius 2 is 1.67 bits per heavy atom. The number of ketones is 1. The van der Waals surface area contributed by atoms with E-state index in [1.165, 1.54) is 5.56 Å². The molecule has 1 aromatic carbocycles. The number of carbonyl (C=O) groups is 3. The molecule has 0 aromatic heterocycles. The predicted molar refractivity (Wildman–Crippen MR) is 172 cm³/mol. The number of nitrogens with zero attached hydrogens (tertiary/aromatic N) is 1. The van der Waals surface area contributed by atoms with Crippen LogP contribution in [0.2, 0.25) is 0 Å². The summed E-state index contributed by atoms with van der Waals surface area (Å²) in [5, 5.41) is 43.2. The molecule has 2 saturated heterocycles. The van der Waals surface area contributed by atoms with E-state index >= 15 is 0 Å². The maximum absolute atomic E-state index is 13.6. The maximum atomic E-state index is 13.6. The van der Waals surface area contributed by atoms with Crippen molar-refractivity contribution in [2.45, 2.75) is 141 Å². The lowest BCUT2D eigenvalue weighted by molar-refractivity contribution is -0.237. The quantitative estimate of drug-likeness (QED) is 0.145. The van der Waals surface area contributed by atoms with Gasteiger partial charge in [-0.05, 0) is 68.8 Å². The van der Waals surface area contributed by atoms with Crippen molar-refractivity contribution in [3.63, 3.8) is 0 Å². The van der Waals surface area contributed by atoms with E-state index in [0.717, 1.165) is 56.3 Å². The van der Waals surface area contributed by atoms with Crippen molar-refractivity contribution in [3.05, 3.63) is 35.9 Å². The number of carbonyl (C=O) groups excluding carboxylic acids is 2. The highest BCUT2D eigenvalue weighted by molar-refractivity contribution is 6.09. The van der Waals surface area contributed by atoms with E-state index in [-0.39, 0.29) is 30.9 Å². The SMILES string of the molecule is CC[C@H](Cc1ccccc1)[C@@H](O)CCCCCC[C@@H](C)[C@H](O)[C@@H](C)[C@@H]1CC[C@@H](C)C(=O)C(O)(C(=O)N2CCCC[C@H]2C(=O)O)O1. The van der Waals surface area contributed by atoms with Crippen LogP contribution in [0.5, 0.6) is 0 Å². The molecule has 2 aliphatic heterocycles. The largest absolute Gasteiger partial charge is 0.480 e. The van der Waals surface area contributed by atoms with Gasteiger partial charge in [0.25, 0.3) is 5.91 Å². The number of carboxylic acid groups (broad SMARTS) is 1. The van der Waals surface area contributed by atoms with E-state index in [4.69, 9.17) is 4.74 Å². The van der Waals surface area contributed by atoms with Gasteiger partial charge < -0.3 is 30.1 Å². The number of ether oxygens (including phenoxy) is 1. The van der Waals surface area contributed by atoms with Gasteiger partial charge in [0.2, 0.25) is 5.78 Å². The van der Waals surface area contributed by atoms with Crippen LogP contribution in [0.3, 0.4) is 0 Å². The van der Waals surface area contributed by atoms with E-state index in [9.17, 15) is 34.8 Å². The van der Waals surface area contributed by atoms with E-state index in [2.05, 4.69) is 19.1 Å². The average molecular weight is 632 g/mol. The summed E-state index contributed by atoms with van der Waals surface area (Å²) in [6.07, 6.45) is 7.70. The first-order valence-electron chi connectivity index (χ1n) is 17.3. The summed E-state index contributed by atoms with van der Waals surface area (Å²) in [5.74, 6) is -6.63. The third kappa shape index (κ3) is 9.83. The molecule has 4 N–H and O–H groups in total. The number of Topliss-reactive ketones (excluding diaryl/α,β-unsaturated/α-hetero) is 1. The van der Waals surface area contributed by atoms with Crippen molar-refractivity contribution in [1.29, 1.82) is 0 Å². The normalized spacial score (nSPS) is 27.7. The smallest absolute Gasteiger partial charge is 0.326 e. The molecule has 9 atom stereocenters. The highest BCUT2D eigenvalue weighted by Gasteiger charge is 2.55. The van der Waals surface area contributed by atoms with Crippen LogP contribution in [0.25, 0.3) is 0 Å². The number of benzene rings is 1. The molecule has 9 heteroatoms. The Morgan fingerprint density at radius 1 is 1.00 bits per heavy atom. The fourth-order valence-electron chi connectivity index (χ4n) is 7.15. The molecule has 2 heterocycles. The van der Waals surface area contributed by atoms with E-state index in [0.29, 0.717) is 25.7 Å². The monoisotopic (exact) mass is 631 g/mol. The number of aliphatic carboxylic acids is 1. The summed E-state index contributed by atoms with van der Waals surface area (Å²) in [6.45, 7) is 7.71. The number of carboxylic acids is 1. The van der Waals surface area contributed by atoms with Crippen LogP contribution < -0.4 is 0 Å². The van der Waals surface area contributed by atoms with Gasteiger partial charge in [-0.1, -0.05) is 90.1 Å². The van der Waals surface area contributed by atoms with Gasteiger partial charge in [0.15, 0.2) is 0 Å². The first-order valence-corrected chi connectivity index (χ1v) is 17.3. The number of amides is 1. The summed E-state index contributed by atoms with van der Waals surface area (Å²) >= 11 is 0. The summed E-state index contributed by atoms with van der Waals surface area (Å²) in [7, 11) is 0. The molecule has 0 spiro atoms. The number of aliphatic hydroxyl groups is 3. The van der Waals surface area contributed by atoms with Crippen molar-refractivity contribution in [2.24, 2.45) is 23.7 Å². The fourth-order valence-corrected chi connectivity index (χ4v) is 7.15. The molecule has 0 bridgehead atoms. The lowest BCUT2D eigenvalue weighted by Gasteiger charge is -2.40. The highest BCUT2D eigenvalue weighted by Crippen LogP contribution is 2.35. The molecule has 1 unspecified atom stereocenters. The number of hydrogen-bond donors (Lipinski definition) is 4. The minimum absolute atomic E-state index is 0.0665. The average Bonchev–Trinajstić information content (AvgIpc) is 3.16. The van der Waals surface area contributed by atoms with Crippen molar-refractivity contribution in [3.8, 4) is 0 Å². The molecule has 2 fully saturated rings. The molecule has 0 radical (unpaired) electrons. The Bertz CT molecular complexity index is 1080. The zero-order valence-electron chi connectivity index (χ0n) is 27.8. The van der Waals surface area contributed by atoms with Gasteiger partial charge >= 0.3 is 11.8 Å². The minimum atomic E-state index is -2.77. The zero-order valence-corrected chi connectivity index (χ0v) is 27.8.